The van der Waals surface area contributed by atoms with E-state index in [4.69, 9.17) is 34.8 Å². The highest BCUT2D eigenvalue weighted by atomic mass is 35.5. The first-order chi connectivity index (χ1) is 18.3. The van der Waals surface area contributed by atoms with E-state index < -0.39 is 5.82 Å². The molecule has 4 nitrogen and oxygen atoms in total. The van der Waals surface area contributed by atoms with Crippen LogP contribution in [0.1, 0.15) is 56.1 Å². The van der Waals surface area contributed by atoms with Crippen LogP contribution in [0.4, 0.5) is 4.39 Å². The van der Waals surface area contributed by atoms with E-state index in [0.29, 0.717) is 28.2 Å². The van der Waals surface area contributed by atoms with Gasteiger partial charge in [0.25, 0.3) is 0 Å². The summed E-state index contributed by atoms with van der Waals surface area (Å²) in [6, 6.07) is 11.1. The van der Waals surface area contributed by atoms with Gasteiger partial charge in [-0.3, -0.25) is 4.79 Å². The minimum absolute atomic E-state index is 0.0347. The van der Waals surface area contributed by atoms with E-state index in [1.807, 2.05) is 17.0 Å². The number of likely N-dealkylation sites (tertiary alicyclic amines) is 3. The van der Waals surface area contributed by atoms with Gasteiger partial charge >= 0.3 is 0 Å². The molecule has 0 N–H and O–H groups in total. The van der Waals surface area contributed by atoms with Crippen LogP contribution in [0.15, 0.2) is 36.4 Å². The van der Waals surface area contributed by atoms with Crippen molar-refractivity contribution >= 4 is 40.7 Å². The zero-order valence-corrected chi connectivity index (χ0v) is 24.2. The zero-order valence-electron chi connectivity index (χ0n) is 21.9. The highest BCUT2D eigenvalue weighted by Gasteiger charge is 2.42. The molecule has 0 aliphatic carbocycles. The van der Waals surface area contributed by atoms with Crippen molar-refractivity contribution in [2.75, 3.05) is 45.8 Å². The number of amides is 1. The van der Waals surface area contributed by atoms with Crippen molar-refractivity contribution in [1.82, 2.24) is 14.7 Å². The molecule has 3 fully saturated rings. The molecule has 0 bridgehead atoms. The Kier molecular flexibility index (Phi) is 9.21. The lowest BCUT2D eigenvalue weighted by Gasteiger charge is -2.41. The van der Waals surface area contributed by atoms with Crippen molar-refractivity contribution in [2.24, 2.45) is 0 Å². The Hall–Kier alpha value is -1.37. The summed E-state index contributed by atoms with van der Waals surface area (Å²) >= 11 is 18.9. The quantitative estimate of drug-likeness (QED) is 0.359. The van der Waals surface area contributed by atoms with Gasteiger partial charge in [0.1, 0.15) is 5.82 Å². The molecular formula is C30H37Cl3FN3O. The van der Waals surface area contributed by atoms with Crippen LogP contribution in [-0.2, 0) is 16.6 Å². The zero-order chi connectivity index (χ0) is 26.7. The number of halogens is 4. The Balaban J connectivity index is 1.26. The van der Waals surface area contributed by atoms with Crippen LogP contribution in [0.5, 0.6) is 0 Å². The highest BCUT2D eigenvalue weighted by Crippen LogP contribution is 2.41. The number of rotatable bonds is 7. The van der Waals surface area contributed by atoms with Gasteiger partial charge in [0.2, 0.25) is 5.91 Å². The van der Waals surface area contributed by atoms with Crippen molar-refractivity contribution < 1.29 is 9.18 Å². The first kappa shape index (κ1) is 28.2. The van der Waals surface area contributed by atoms with Gasteiger partial charge in [0, 0.05) is 35.1 Å². The fourth-order valence-electron chi connectivity index (χ4n) is 6.62. The Labute approximate surface area is 241 Å². The first-order valence-electron chi connectivity index (χ1n) is 14.0. The maximum absolute atomic E-state index is 14.4. The number of piperidine rings is 2. The number of hydrogen-bond donors (Lipinski definition) is 0. The molecule has 1 unspecified atom stereocenters. The second-order valence-corrected chi connectivity index (χ2v) is 12.5. The maximum Gasteiger partial charge on any atom is 0.227 e. The lowest BCUT2D eigenvalue weighted by atomic mass is 9.76. The lowest BCUT2D eigenvalue weighted by molar-refractivity contribution is -0.129. The Morgan fingerprint density at radius 3 is 2.39 bits per heavy atom. The summed E-state index contributed by atoms with van der Waals surface area (Å²) < 4.78 is 14.4. The average molecular weight is 581 g/mol. The fraction of sp³-hybridized carbons (Fsp3) is 0.567. The van der Waals surface area contributed by atoms with Gasteiger partial charge in [-0.1, -0.05) is 53.4 Å². The minimum atomic E-state index is -0.436. The molecule has 3 aliphatic rings. The molecule has 1 atom stereocenters. The summed E-state index contributed by atoms with van der Waals surface area (Å²) in [5, 5.41) is 1.36. The van der Waals surface area contributed by atoms with Gasteiger partial charge in [-0.25, -0.2) is 4.39 Å². The first-order valence-corrected chi connectivity index (χ1v) is 15.1. The van der Waals surface area contributed by atoms with E-state index in [-0.39, 0.29) is 23.3 Å². The molecule has 0 spiro atoms. The Morgan fingerprint density at radius 1 is 0.921 bits per heavy atom. The second kappa shape index (κ2) is 12.4. The average Bonchev–Trinajstić information content (AvgIpc) is 3.38. The predicted octanol–water partition coefficient (Wildman–Crippen LogP) is 6.84. The van der Waals surface area contributed by atoms with Crippen LogP contribution in [0.25, 0.3) is 0 Å². The smallest absolute Gasteiger partial charge is 0.227 e. The topological polar surface area (TPSA) is 26.8 Å². The molecule has 0 aromatic heterocycles. The summed E-state index contributed by atoms with van der Waals surface area (Å²) in [5.41, 5.74) is 1.17. The van der Waals surface area contributed by atoms with E-state index >= 15 is 0 Å². The van der Waals surface area contributed by atoms with Crippen LogP contribution in [0, 0.1) is 5.82 Å². The van der Waals surface area contributed by atoms with Crippen molar-refractivity contribution in [2.45, 2.75) is 62.8 Å². The van der Waals surface area contributed by atoms with Gasteiger partial charge in [0.05, 0.1) is 16.5 Å². The number of carbonyl (C=O) groups excluding carboxylic acids is 1. The van der Waals surface area contributed by atoms with Crippen LogP contribution >= 0.6 is 34.8 Å². The standard InChI is InChI=1S/C30H37Cl3FN3O/c31-25-5-4-6-28(34)24(25)20-29(38)37-18-12-30(21-37,22-7-8-26(32)27(33)19-22)11-17-35-15-9-23(10-16-35)36-13-2-1-3-14-36/h4-8,19,23H,1-3,9-18,20-21H2. The summed E-state index contributed by atoms with van der Waals surface area (Å²) in [5.74, 6) is -0.532. The predicted molar refractivity (Wildman–Crippen MR) is 154 cm³/mol. The summed E-state index contributed by atoms with van der Waals surface area (Å²) in [6.45, 7) is 6.94. The molecule has 0 radical (unpaired) electrons. The maximum atomic E-state index is 14.4. The summed E-state index contributed by atoms with van der Waals surface area (Å²) in [6.07, 6.45) is 8.25. The number of nitrogens with zero attached hydrogens (tertiary/aromatic N) is 3. The third-order valence-electron chi connectivity index (χ3n) is 9.00. The molecule has 38 heavy (non-hydrogen) atoms. The molecule has 2 aromatic carbocycles. The van der Waals surface area contributed by atoms with E-state index in [2.05, 4.69) is 15.9 Å². The van der Waals surface area contributed by atoms with E-state index in [1.54, 1.807) is 12.1 Å². The van der Waals surface area contributed by atoms with Gasteiger partial charge in [-0.2, -0.15) is 0 Å². The number of benzene rings is 2. The Morgan fingerprint density at radius 2 is 1.68 bits per heavy atom. The van der Waals surface area contributed by atoms with Gasteiger partial charge in [-0.05, 0) is 101 Å². The van der Waals surface area contributed by atoms with Crippen LogP contribution in [0.2, 0.25) is 15.1 Å². The molecule has 1 amide bonds. The minimum Gasteiger partial charge on any atom is -0.341 e. The number of carbonyl (C=O) groups is 1. The molecule has 3 heterocycles. The van der Waals surface area contributed by atoms with Crippen molar-refractivity contribution in [3.05, 3.63) is 68.4 Å². The van der Waals surface area contributed by atoms with Crippen molar-refractivity contribution in [1.29, 1.82) is 0 Å². The molecule has 206 valence electrons. The molecule has 2 aromatic rings. The molecule has 5 rings (SSSR count). The van der Waals surface area contributed by atoms with E-state index in [1.165, 1.54) is 51.3 Å². The third kappa shape index (κ3) is 6.33. The monoisotopic (exact) mass is 579 g/mol. The SMILES string of the molecule is O=C(Cc1c(F)cccc1Cl)N1CCC(CCN2CCC(N3CCCCC3)CC2)(c2ccc(Cl)c(Cl)c2)C1. The number of hydrogen-bond acceptors (Lipinski definition) is 3. The summed E-state index contributed by atoms with van der Waals surface area (Å²) in [4.78, 5) is 20.5. The van der Waals surface area contributed by atoms with Crippen molar-refractivity contribution in [3.8, 4) is 0 Å². The highest BCUT2D eigenvalue weighted by molar-refractivity contribution is 6.42. The van der Waals surface area contributed by atoms with Crippen LogP contribution < -0.4 is 0 Å². The molecule has 3 saturated heterocycles. The second-order valence-electron chi connectivity index (χ2n) is 11.3. The van der Waals surface area contributed by atoms with Crippen molar-refractivity contribution in [3.63, 3.8) is 0 Å². The third-order valence-corrected chi connectivity index (χ3v) is 10.1. The van der Waals surface area contributed by atoms with Gasteiger partial charge in [0.15, 0.2) is 0 Å². The van der Waals surface area contributed by atoms with Gasteiger partial charge in [-0.15, -0.1) is 0 Å². The summed E-state index contributed by atoms with van der Waals surface area (Å²) in [7, 11) is 0. The largest absolute Gasteiger partial charge is 0.341 e. The lowest BCUT2D eigenvalue weighted by Crippen LogP contribution is -2.47. The molecule has 8 heteroatoms. The van der Waals surface area contributed by atoms with Crippen LogP contribution in [0.3, 0.4) is 0 Å². The van der Waals surface area contributed by atoms with Crippen LogP contribution in [-0.4, -0.2) is 72.5 Å². The molecular weight excluding hydrogens is 544 g/mol. The van der Waals surface area contributed by atoms with E-state index in [9.17, 15) is 9.18 Å². The Bertz CT molecular complexity index is 1110. The molecule has 0 saturated carbocycles. The van der Waals surface area contributed by atoms with E-state index in [0.717, 1.165) is 44.1 Å². The normalized spacial score (nSPS) is 23.7. The fourth-order valence-corrected chi connectivity index (χ4v) is 7.15. The van der Waals surface area contributed by atoms with Gasteiger partial charge < -0.3 is 14.7 Å². The molecule has 3 aliphatic heterocycles.